The van der Waals surface area contributed by atoms with Crippen LogP contribution in [0.15, 0.2) is 30.5 Å². The van der Waals surface area contributed by atoms with E-state index in [1.807, 2.05) is 22.6 Å². The molecular weight excluding hydrogens is 362 g/mol. The molecule has 1 aromatic heterocycles. The number of hydrogen-bond donors (Lipinski definition) is 2. The molecule has 2 rings (SSSR count). The number of carboxylic acid groups (broad SMARTS) is 1. The molecule has 19 heavy (non-hydrogen) atoms. The van der Waals surface area contributed by atoms with Crippen LogP contribution in [0.3, 0.4) is 0 Å². The molecule has 2 aromatic rings. The van der Waals surface area contributed by atoms with Gasteiger partial charge in [-0.2, -0.15) is 0 Å². The van der Waals surface area contributed by atoms with Gasteiger partial charge in [0.2, 0.25) is 0 Å². The van der Waals surface area contributed by atoms with Crippen molar-refractivity contribution in [2.24, 2.45) is 0 Å². The topological polar surface area (TPSA) is 62.2 Å². The Morgan fingerprint density at radius 2 is 2.11 bits per heavy atom. The summed E-state index contributed by atoms with van der Waals surface area (Å²) in [6, 6.07) is 6.09. The predicted octanol–water partition coefficient (Wildman–Crippen LogP) is 3.58. The Labute approximate surface area is 122 Å². The van der Waals surface area contributed by atoms with Gasteiger partial charge in [-0.05, 0) is 53.8 Å². The van der Waals surface area contributed by atoms with Crippen LogP contribution in [0.4, 0.5) is 15.8 Å². The Balaban J connectivity index is 2.40. The third kappa shape index (κ3) is 3.19. The van der Waals surface area contributed by atoms with Crippen LogP contribution in [-0.4, -0.2) is 16.1 Å². The fraction of sp³-hybridized carbons (Fsp3) is 0.0769. The van der Waals surface area contributed by atoms with Crippen molar-refractivity contribution in [2.75, 3.05) is 5.32 Å². The predicted molar refractivity (Wildman–Crippen MR) is 78.3 cm³/mol. The summed E-state index contributed by atoms with van der Waals surface area (Å²) in [6.07, 6.45) is 1.39. The van der Waals surface area contributed by atoms with E-state index in [-0.39, 0.29) is 16.9 Å². The number of rotatable bonds is 3. The van der Waals surface area contributed by atoms with Crippen molar-refractivity contribution in [1.29, 1.82) is 0 Å². The molecule has 0 radical (unpaired) electrons. The van der Waals surface area contributed by atoms with Crippen molar-refractivity contribution in [2.45, 2.75) is 6.92 Å². The maximum atomic E-state index is 13.7. The summed E-state index contributed by atoms with van der Waals surface area (Å²) < 4.78 is 14.5. The van der Waals surface area contributed by atoms with Crippen LogP contribution < -0.4 is 5.32 Å². The average molecular weight is 372 g/mol. The number of halogens is 2. The molecule has 0 aliphatic heterocycles. The van der Waals surface area contributed by atoms with Gasteiger partial charge in [-0.25, -0.2) is 9.18 Å². The number of hydrogen-bond acceptors (Lipinski definition) is 3. The maximum absolute atomic E-state index is 13.7. The van der Waals surface area contributed by atoms with Crippen LogP contribution in [0.5, 0.6) is 0 Å². The number of aromatic carboxylic acids is 1. The largest absolute Gasteiger partial charge is 0.478 e. The molecule has 0 bridgehead atoms. The van der Waals surface area contributed by atoms with E-state index >= 15 is 0 Å². The van der Waals surface area contributed by atoms with Gasteiger partial charge in [0.15, 0.2) is 0 Å². The standard InChI is InChI=1S/C13H10FIN2O2/c1-7-4-9(13(18)19)12(6-16-7)17-11-3-2-8(15)5-10(11)14/h2-6,17H,1H3,(H,18,19). The molecule has 0 aliphatic rings. The number of benzene rings is 1. The second-order valence-electron chi connectivity index (χ2n) is 3.93. The molecule has 1 aromatic carbocycles. The minimum atomic E-state index is -1.08. The highest BCUT2D eigenvalue weighted by molar-refractivity contribution is 14.1. The number of nitrogens with zero attached hydrogens (tertiary/aromatic N) is 1. The summed E-state index contributed by atoms with van der Waals surface area (Å²) in [4.78, 5) is 15.2. The van der Waals surface area contributed by atoms with Gasteiger partial charge in [-0.15, -0.1) is 0 Å². The monoisotopic (exact) mass is 372 g/mol. The second kappa shape index (κ2) is 5.52. The van der Waals surface area contributed by atoms with Crippen molar-refractivity contribution in [3.05, 3.63) is 51.1 Å². The van der Waals surface area contributed by atoms with Gasteiger partial charge in [-0.3, -0.25) is 4.98 Å². The molecule has 98 valence electrons. The lowest BCUT2D eigenvalue weighted by Crippen LogP contribution is -2.05. The van der Waals surface area contributed by atoms with E-state index in [0.717, 1.165) is 3.57 Å². The summed E-state index contributed by atoms with van der Waals surface area (Å²) in [5.41, 5.74) is 1.13. The molecule has 0 unspecified atom stereocenters. The number of carbonyl (C=O) groups is 1. The number of anilines is 2. The molecule has 0 atom stereocenters. The van der Waals surface area contributed by atoms with Crippen LogP contribution in [0.25, 0.3) is 0 Å². The van der Waals surface area contributed by atoms with Crippen LogP contribution >= 0.6 is 22.6 Å². The zero-order valence-electron chi connectivity index (χ0n) is 9.95. The van der Waals surface area contributed by atoms with Gasteiger partial charge in [0.25, 0.3) is 0 Å². The Morgan fingerprint density at radius 3 is 2.74 bits per heavy atom. The molecular formula is C13H10FIN2O2. The molecule has 2 N–H and O–H groups in total. The number of aromatic nitrogens is 1. The quantitative estimate of drug-likeness (QED) is 0.809. The molecule has 0 amide bonds. The zero-order valence-corrected chi connectivity index (χ0v) is 12.1. The van der Waals surface area contributed by atoms with E-state index in [1.165, 1.54) is 18.3 Å². The molecule has 0 saturated carbocycles. The molecule has 4 nitrogen and oxygen atoms in total. The van der Waals surface area contributed by atoms with Crippen LogP contribution in [-0.2, 0) is 0 Å². The van der Waals surface area contributed by atoms with E-state index in [4.69, 9.17) is 5.11 Å². The summed E-state index contributed by atoms with van der Waals surface area (Å²) in [5.74, 6) is -1.53. The Kier molecular flexibility index (Phi) is 3.98. The second-order valence-corrected chi connectivity index (χ2v) is 5.17. The van der Waals surface area contributed by atoms with E-state index < -0.39 is 11.8 Å². The number of aryl methyl sites for hydroxylation is 1. The fourth-order valence-corrected chi connectivity index (χ4v) is 2.03. The lowest BCUT2D eigenvalue weighted by Gasteiger charge is -2.10. The van der Waals surface area contributed by atoms with Crippen molar-refractivity contribution >= 4 is 39.9 Å². The van der Waals surface area contributed by atoms with E-state index in [0.29, 0.717) is 5.69 Å². The summed E-state index contributed by atoms with van der Waals surface area (Å²) in [6.45, 7) is 1.70. The number of carboxylic acids is 1. The van der Waals surface area contributed by atoms with Gasteiger partial charge in [-0.1, -0.05) is 0 Å². The molecule has 6 heteroatoms. The SMILES string of the molecule is Cc1cc(C(=O)O)c(Nc2ccc(I)cc2F)cn1. The third-order valence-corrected chi connectivity index (χ3v) is 3.14. The zero-order chi connectivity index (χ0) is 14.0. The molecule has 0 saturated heterocycles. The van der Waals surface area contributed by atoms with Crippen molar-refractivity contribution in [1.82, 2.24) is 4.98 Å². The first kappa shape index (κ1) is 13.7. The van der Waals surface area contributed by atoms with Gasteiger partial charge < -0.3 is 10.4 Å². The first-order valence-electron chi connectivity index (χ1n) is 5.39. The normalized spacial score (nSPS) is 10.3. The van der Waals surface area contributed by atoms with Crippen LogP contribution in [0, 0.1) is 16.3 Å². The third-order valence-electron chi connectivity index (χ3n) is 2.47. The van der Waals surface area contributed by atoms with Crippen molar-refractivity contribution in [3.8, 4) is 0 Å². The minimum Gasteiger partial charge on any atom is -0.478 e. The van der Waals surface area contributed by atoms with E-state index in [1.54, 1.807) is 19.1 Å². The number of nitrogens with one attached hydrogen (secondary N) is 1. The molecule has 0 spiro atoms. The first-order valence-corrected chi connectivity index (χ1v) is 6.47. The Bertz CT molecular complexity index is 647. The number of pyridine rings is 1. The van der Waals surface area contributed by atoms with Crippen molar-refractivity contribution < 1.29 is 14.3 Å². The van der Waals surface area contributed by atoms with E-state index in [2.05, 4.69) is 10.3 Å². The lowest BCUT2D eigenvalue weighted by atomic mass is 10.2. The van der Waals surface area contributed by atoms with Gasteiger partial charge >= 0.3 is 5.97 Å². The van der Waals surface area contributed by atoms with Gasteiger partial charge in [0.05, 0.1) is 23.1 Å². The molecule has 1 heterocycles. The van der Waals surface area contributed by atoms with Crippen molar-refractivity contribution in [3.63, 3.8) is 0 Å². The van der Waals surface area contributed by atoms with Crippen LogP contribution in [0.1, 0.15) is 16.1 Å². The van der Waals surface area contributed by atoms with E-state index in [9.17, 15) is 9.18 Å². The summed E-state index contributed by atoms with van der Waals surface area (Å²) in [5, 5.41) is 11.9. The maximum Gasteiger partial charge on any atom is 0.337 e. The smallest absolute Gasteiger partial charge is 0.337 e. The summed E-state index contributed by atoms with van der Waals surface area (Å²) >= 11 is 2.00. The molecule has 0 fully saturated rings. The van der Waals surface area contributed by atoms with Crippen LogP contribution in [0.2, 0.25) is 0 Å². The minimum absolute atomic E-state index is 0.0606. The highest BCUT2D eigenvalue weighted by atomic mass is 127. The molecule has 0 aliphatic carbocycles. The summed E-state index contributed by atoms with van der Waals surface area (Å²) in [7, 11) is 0. The fourth-order valence-electron chi connectivity index (χ4n) is 1.57. The lowest BCUT2D eigenvalue weighted by molar-refractivity contribution is 0.0697. The average Bonchev–Trinajstić information content (AvgIpc) is 2.34. The van der Waals surface area contributed by atoms with Gasteiger partial charge in [0.1, 0.15) is 5.82 Å². The Morgan fingerprint density at radius 1 is 1.37 bits per heavy atom. The first-order chi connectivity index (χ1) is 8.97. The highest BCUT2D eigenvalue weighted by Crippen LogP contribution is 2.24. The highest BCUT2D eigenvalue weighted by Gasteiger charge is 2.12. The van der Waals surface area contributed by atoms with Gasteiger partial charge in [0, 0.05) is 9.26 Å². The Hall–Kier alpha value is -1.70.